The minimum atomic E-state index is -0.372. The minimum absolute atomic E-state index is 0.0552. The maximum absolute atomic E-state index is 9.66. The van der Waals surface area contributed by atoms with Gasteiger partial charge in [0.25, 0.3) is 0 Å². The molecular formula is C14H23NO2. The summed E-state index contributed by atoms with van der Waals surface area (Å²) in [5.41, 5.74) is 7.78. The fraction of sp³-hybridized carbons (Fsp3) is 0.571. The highest BCUT2D eigenvalue weighted by Crippen LogP contribution is 2.27. The van der Waals surface area contributed by atoms with Gasteiger partial charge in [0, 0.05) is 25.2 Å². The summed E-state index contributed by atoms with van der Waals surface area (Å²) in [4.78, 5) is 0. The summed E-state index contributed by atoms with van der Waals surface area (Å²) in [5.74, 6) is 0. The van der Waals surface area contributed by atoms with Crippen LogP contribution in [0.5, 0.6) is 0 Å². The van der Waals surface area contributed by atoms with Crippen LogP contribution in [0.3, 0.4) is 0 Å². The summed E-state index contributed by atoms with van der Waals surface area (Å²) in [5, 5.41) is 9.66. The Bertz CT molecular complexity index is 317. The lowest BCUT2D eigenvalue weighted by molar-refractivity contribution is 0.103. The Morgan fingerprint density at radius 1 is 1.29 bits per heavy atom. The van der Waals surface area contributed by atoms with Gasteiger partial charge in [-0.05, 0) is 25.8 Å². The van der Waals surface area contributed by atoms with Gasteiger partial charge in [0.2, 0.25) is 0 Å². The van der Waals surface area contributed by atoms with Crippen molar-refractivity contribution in [3.8, 4) is 0 Å². The highest BCUT2D eigenvalue weighted by atomic mass is 16.5. The average Bonchev–Trinajstić information content (AvgIpc) is 2.37. The molecule has 96 valence electrons. The second-order valence-corrected chi connectivity index (χ2v) is 4.46. The topological polar surface area (TPSA) is 55.5 Å². The van der Waals surface area contributed by atoms with E-state index in [1.807, 2.05) is 26.0 Å². The zero-order valence-corrected chi connectivity index (χ0v) is 10.8. The molecule has 17 heavy (non-hydrogen) atoms. The van der Waals surface area contributed by atoms with E-state index >= 15 is 0 Å². The van der Waals surface area contributed by atoms with Crippen LogP contribution in [-0.4, -0.2) is 31.5 Å². The highest BCUT2D eigenvalue weighted by Gasteiger charge is 2.29. The van der Waals surface area contributed by atoms with Gasteiger partial charge in [-0.15, -0.1) is 0 Å². The normalized spacial score (nSPS) is 14.6. The molecule has 0 spiro atoms. The minimum Gasteiger partial charge on any atom is -0.395 e. The van der Waals surface area contributed by atoms with Gasteiger partial charge in [-0.2, -0.15) is 0 Å². The van der Waals surface area contributed by atoms with Gasteiger partial charge in [-0.1, -0.05) is 29.8 Å². The van der Waals surface area contributed by atoms with Crippen molar-refractivity contribution >= 4 is 0 Å². The molecule has 1 unspecified atom stereocenters. The maximum atomic E-state index is 9.66. The Morgan fingerprint density at radius 3 is 2.41 bits per heavy atom. The Kier molecular flexibility index (Phi) is 5.62. The highest BCUT2D eigenvalue weighted by molar-refractivity contribution is 5.29. The molecule has 1 rings (SSSR count). The van der Waals surface area contributed by atoms with Crippen molar-refractivity contribution in [3.63, 3.8) is 0 Å². The van der Waals surface area contributed by atoms with Crippen molar-refractivity contribution in [3.05, 3.63) is 35.4 Å². The summed E-state index contributed by atoms with van der Waals surface area (Å²) in [6.07, 6.45) is 0.747. The van der Waals surface area contributed by atoms with Crippen LogP contribution >= 0.6 is 0 Å². The lowest BCUT2D eigenvalue weighted by Gasteiger charge is -2.31. The first-order valence-electron chi connectivity index (χ1n) is 6.14. The number of aliphatic hydroxyl groups is 1. The quantitative estimate of drug-likeness (QED) is 0.708. The van der Waals surface area contributed by atoms with Crippen LogP contribution in [0.4, 0.5) is 0 Å². The van der Waals surface area contributed by atoms with Gasteiger partial charge in [0.1, 0.15) is 0 Å². The molecule has 0 amide bonds. The third kappa shape index (κ3) is 3.53. The van der Waals surface area contributed by atoms with Gasteiger partial charge in [0.05, 0.1) is 6.61 Å². The van der Waals surface area contributed by atoms with E-state index in [0.717, 1.165) is 12.0 Å². The van der Waals surface area contributed by atoms with Crippen molar-refractivity contribution in [2.45, 2.75) is 25.7 Å². The average molecular weight is 237 g/mol. The zero-order valence-electron chi connectivity index (χ0n) is 10.8. The number of aryl methyl sites for hydroxylation is 1. The Hall–Kier alpha value is -0.900. The molecule has 0 saturated carbocycles. The smallest absolute Gasteiger partial charge is 0.0541 e. The summed E-state index contributed by atoms with van der Waals surface area (Å²) in [7, 11) is 0. The Balaban J connectivity index is 2.85. The van der Waals surface area contributed by atoms with Crippen LogP contribution in [0.1, 0.15) is 24.5 Å². The number of aliphatic hydroxyl groups excluding tert-OH is 1. The Morgan fingerprint density at radius 2 is 1.94 bits per heavy atom. The van der Waals surface area contributed by atoms with E-state index in [-0.39, 0.29) is 12.0 Å². The van der Waals surface area contributed by atoms with E-state index in [4.69, 9.17) is 10.5 Å². The molecule has 3 heteroatoms. The van der Waals surface area contributed by atoms with Crippen LogP contribution < -0.4 is 5.73 Å². The first-order chi connectivity index (χ1) is 8.18. The number of benzene rings is 1. The van der Waals surface area contributed by atoms with Crippen LogP contribution in [-0.2, 0) is 10.2 Å². The molecule has 0 aliphatic rings. The molecule has 1 aromatic rings. The van der Waals surface area contributed by atoms with Crippen LogP contribution in [0.2, 0.25) is 0 Å². The second-order valence-electron chi connectivity index (χ2n) is 4.46. The predicted molar refractivity (Wildman–Crippen MR) is 70.1 cm³/mol. The largest absolute Gasteiger partial charge is 0.395 e. The molecule has 0 fully saturated rings. The van der Waals surface area contributed by atoms with Gasteiger partial charge in [-0.3, -0.25) is 0 Å². The second kappa shape index (κ2) is 6.74. The van der Waals surface area contributed by atoms with Crippen molar-refractivity contribution < 1.29 is 9.84 Å². The summed E-state index contributed by atoms with van der Waals surface area (Å²) in [6, 6.07) is 8.20. The third-order valence-electron chi connectivity index (χ3n) is 3.29. The lowest BCUT2D eigenvalue weighted by atomic mass is 9.78. The lowest BCUT2D eigenvalue weighted by Crippen LogP contribution is -2.40. The van der Waals surface area contributed by atoms with Crippen LogP contribution in [0, 0.1) is 6.92 Å². The van der Waals surface area contributed by atoms with Crippen molar-refractivity contribution in [1.82, 2.24) is 0 Å². The van der Waals surface area contributed by atoms with E-state index in [1.165, 1.54) is 5.56 Å². The van der Waals surface area contributed by atoms with E-state index in [0.29, 0.717) is 19.8 Å². The first kappa shape index (κ1) is 14.2. The van der Waals surface area contributed by atoms with Gasteiger partial charge >= 0.3 is 0 Å². The molecule has 1 atom stereocenters. The number of rotatable bonds is 7. The first-order valence-corrected chi connectivity index (χ1v) is 6.14. The van der Waals surface area contributed by atoms with E-state index in [1.54, 1.807) is 0 Å². The summed E-state index contributed by atoms with van der Waals surface area (Å²) >= 11 is 0. The van der Waals surface area contributed by atoms with Crippen molar-refractivity contribution in [2.24, 2.45) is 5.73 Å². The number of nitrogens with two attached hydrogens (primary N) is 1. The van der Waals surface area contributed by atoms with Crippen molar-refractivity contribution in [2.75, 3.05) is 26.4 Å². The van der Waals surface area contributed by atoms with Crippen molar-refractivity contribution in [1.29, 1.82) is 0 Å². The van der Waals surface area contributed by atoms with Gasteiger partial charge in [0.15, 0.2) is 0 Å². The van der Waals surface area contributed by atoms with Gasteiger partial charge in [-0.25, -0.2) is 0 Å². The summed E-state index contributed by atoms with van der Waals surface area (Å²) < 4.78 is 5.37. The van der Waals surface area contributed by atoms with Crippen LogP contribution in [0.25, 0.3) is 0 Å². The zero-order chi connectivity index (χ0) is 12.7. The maximum Gasteiger partial charge on any atom is 0.0541 e. The molecule has 0 saturated heterocycles. The molecular weight excluding hydrogens is 214 g/mol. The number of ether oxygens (including phenoxy) is 1. The molecule has 0 aliphatic heterocycles. The molecule has 0 aromatic heterocycles. The Labute approximate surface area is 104 Å². The monoisotopic (exact) mass is 237 g/mol. The van der Waals surface area contributed by atoms with Crippen LogP contribution in [0.15, 0.2) is 24.3 Å². The molecule has 0 heterocycles. The van der Waals surface area contributed by atoms with E-state index < -0.39 is 0 Å². The predicted octanol–water partition coefficient (Wildman–Crippen LogP) is 1.61. The number of hydrogen-bond acceptors (Lipinski definition) is 3. The van der Waals surface area contributed by atoms with E-state index in [2.05, 4.69) is 12.1 Å². The summed E-state index contributed by atoms with van der Waals surface area (Å²) in [6.45, 7) is 5.82. The number of hydrogen-bond donors (Lipinski definition) is 2. The molecule has 1 aromatic carbocycles. The third-order valence-corrected chi connectivity index (χ3v) is 3.29. The SMILES string of the molecule is CCOCCC(CN)(CO)c1ccc(C)cc1. The fourth-order valence-corrected chi connectivity index (χ4v) is 1.92. The molecule has 0 aliphatic carbocycles. The fourth-order valence-electron chi connectivity index (χ4n) is 1.92. The molecule has 0 bridgehead atoms. The molecule has 3 N–H and O–H groups in total. The van der Waals surface area contributed by atoms with E-state index in [9.17, 15) is 5.11 Å². The molecule has 3 nitrogen and oxygen atoms in total. The standard InChI is InChI=1S/C14H23NO2/c1-3-17-9-8-14(10-15,11-16)13-6-4-12(2)5-7-13/h4-7,16H,3,8-11,15H2,1-2H3. The van der Waals surface area contributed by atoms with Gasteiger partial charge < -0.3 is 15.6 Å². The molecule has 0 radical (unpaired) electrons.